The summed E-state index contributed by atoms with van der Waals surface area (Å²) in [6, 6.07) is 2.45. The summed E-state index contributed by atoms with van der Waals surface area (Å²) in [4.78, 5) is 10.9. The molecule has 0 fully saturated rings. The lowest BCUT2D eigenvalue weighted by atomic mass is 10.0. The van der Waals surface area contributed by atoms with Gasteiger partial charge >= 0.3 is 0 Å². The first kappa shape index (κ1) is 13.4. The Morgan fingerprint density at radius 1 is 1.31 bits per heavy atom. The van der Waals surface area contributed by atoms with E-state index in [1.54, 1.807) is 0 Å². The molecular weight excluding hydrogens is 266 g/mol. The Kier molecular flexibility index (Phi) is 4.71. The van der Waals surface area contributed by atoms with Crippen LogP contribution >= 0.6 is 15.9 Å². The Balaban J connectivity index is 2.82. The second-order valence-corrected chi connectivity index (χ2v) is 5.50. The second-order valence-electron chi connectivity index (χ2n) is 4.69. The minimum Gasteiger partial charge on any atom is -0.357 e. The fourth-order valence-corrected chi connectivity index (χ4v) is 2.22. The third-order valence-corrected chi connectivity index (χ3v) is 3.03. The van der Waals surface area contributed by atoms with Gasteiger partial charge in [0.2, 0.25) is 0 Å². The maximum atomic E-state index is 4.45. The van der Waals surface area contributed by atoms with E-state index in [0.29, 0.717) is 12.0 Å². The molecular formula is C12H20BrN3. The smallest absolute Gasteiger partial charge is 0.133 e. The molecule has 0 aromatic carbocycles. The van der Waals surface area contributed by atoms with Crippen LogP contribution in [0.5, 0.6) is 0 Å². The molecule has 0 aliphatic heterocycles. The highest BCUT2D eigenvalue weighted by molar-refractivity contribution is 9.10. The van der Waals surface area contributed by atoms with E-state index in [9.17, 15) is 0 Å². The molecule has 1 rings (SSSR count). The lowest BCUT2D eigenvalue weighted by Crippen LogP contribution is -2.31. The van der Waals surface area contributed by atoms with Crippen molar-refractivity contribution in [3.8, 4) is 0 Å². The van der Waals surface area contributed by atoms with Gasteiger partial charge in [0.25, 0.3) is 0 Å². The molecule has 1 unspecified atom stereocenters. The molecule has 0 radical (unpaired) electrons. The Morgan fingerprint density at radius 2 is 1.94 bits per heavy atom. The molecule has 1 aromatic rings. The zero-order valence-electron chi connectivity index (χ0n) is 10.7. The van der Waals surface area contributed by atoms with Crippen molar-refractivity contribution >= 4 is 21.7 Å². The van der Waals surface area contributed by atoms with Gasteiger partial charge < -0.3 is 4.90 Å². The van der Waals surface area contributed by atoms with Gasteiger partial charge in [0.15, 0.2) is 0 Å². The third-order valence-electron chi connectivity index (χ3n) is 2.63. The third kappa shape index (κ3) is 3.74. The summed E-state index contributed by atoms with van der Waals surface area (Å²) in [5.41, 5.74) is 0. The fourth-order valence-electron chi connectivity index (χ4n) is 1.76. The quantitative estimate of drug-likeness (QED) is 0.794. The Hall–Kier alpha value is -0.640. The van der Waals surface area contributed by atoms with Crippen LogP contribution in [0.3, 0.4) is 0 Å². The highest BCUT2D eigenvalue weighted by Crippen LogP contribution is 2.19. The molecule has 1 heterocycles. The lowest BCUT2D eigenvalue weighted by Gasteiger charge is -2.27. The molecule has 4 heteroatoms. The van der Waals surface area contributed by atoms with Gasteiger partial charge in [-0.1, -0.05) is 13.8 Å². The Morgan fingerprint density at radius 3 is 2.44 bits per heavy atom. The SMILES string of the molecule is Cc1nc(Br)cc(N(C)C(C)CC(C)C)n1. The van der Waals surface area contributed by atoms with Crippen LogP contribution in [0.2, 0.25) is 0 Å². The van der Waals surface area contributed by atoms with E-state index in [2.05, 4.69) is 58.6 Å². The first-order valence-corrected chi connectivity index (χ1v) is 6.43. The summed E-state index contributed by atoms with van der Waals surface area (Å²) in [6.07, 6.45) is 1.16. The molecule has 0 bridgehead atoms. The van der Waals surface area contributed by atoms with Gasteiger partial charge in [-0.3, -0.25) is 0 Å². The van der Waals surface area contributed by atoms with Crippen molar-refractivity contribution in [3.05, 3.63) is 16.5 Å². The van der Waals surface area contributed by atoms with Crippen molar-refractivity contribution < 1.29 is 0 Å². The number of halogens is 1. The van der Waals surface area contributed by atoms with Gasteiger partial charge in [-0.15, -0.1) is 0 Å². The van der Waals surface area contributed by atoms with E-state index >= 15 is 0 Å². The van der Waals surface area contributed by atoms with E-state index in [0.717, 1.165) is 22.7 Å². The van der Waals surface area contributed by atoms with Gasteiger partial charge in [0.1, 0.15) is 16.2 Å². The van der Waals surface area contributed by atoms with E-state index in [1.165, 1.54) is 0 Å². The van der Waals surface area contributed by atoms with Crippen molar-refractivity contribution in [3.63, 3.8) is 0 Å². The van der Waals surface area contributed by atoms with Crippen molar-refractivity contribution in [1.82, 2.24) is 9.97 Å². The summed E-state index contributed by atoms with van der Waals surface area (Å²) in [5, 5.41) is 0. The van der Waals surface area contributed by atoms with Crippen LogP contribution in [0.25, 0.3) is 0 Å². The molecule has 0 amide bonds. The van der Waals surface area contributed by atoms with Crippen molar-refractivity contribution in [2.24, 2.45) is 5.92 Å². The van der Waals surface area contributed by atoms with Gasteiger partial charge in [-0.05, 0) is 42.1 Å². The number of aromatic nitrogens is 2. The number of hydrogen-bond donors (Lipinski definition) is 0. The van der Waals surface area contributed by atoms with Crippen molar-refractivity contribution in [1.29, 1.82) is 0 Å². The summed E-state index contributed by atoms with van der Waals surface area (Å²) >= 11 is 3.40. The van der Waals surface area contributed by atoms with Gasteiger partial charge in [-0.25, -0.2) is 9.97 Å². The molecule has 0 N–H and O–H groups in total. The van der Waals surface area contributed by atoms with Gasteiger partial charge in [0.05, 0.1) is 0 Å². The van der Waals surface area contributed by atoms with Crippen LogP contribution in [0, 0.1) is 12.8 Å². The number of rotatable bonds is 4. The normalized spacial score (nSPS) is 12.9. The predicted molar refractivity (Wildman–Crippen MR) is 71.8 cm³/mol. The topological polar surface area (TPSA) is 29.0 Å². The largest absolute Gasteiger partial charge is 0.357 e. The van der Waals surface area contributed by atoms with Crippen molar-refractivity contribution in [2.75, 3.05) is 11.9 Å². The van der Waals surface area contributed by atoms with Crippen molar-refractivity contribution in [2.45, 2.75) is 40.2 Å². The lowest BCUT2D eigenvalue weighted by molar-refractivity contribution is 0.501. The van der Waals surface area contributed by atoms with Crippen LogP contribution < -0.4 is 4.90 Å². The number of hydrogen-bond acceptors (Lipinski definition) is 3. The first-order valence-electron chi connectivity index (χ1n) is 5.64. The standard InChI is InChI=1S/C12H20BrN3/c1-8(2)6-9(3)16(5)12-7-11(13)14-10(4)15-12/h7-9H,6H2,1-5H3. The first-order chi connectivity index (χ1) is 7.40. The number of anilines is 1. The Labute approximate surface area is 106 Å². The van der Waals surface area contributed by atoms with Crippen LogP contribution in [0.15, 0.2) is 10.7 Å². The minimum absolute atomic E-state index is 0.487. The van der Waals surface area contributed by atoms with E-state index in [1.807, 2.05) is 13.0 Å². The summed E-state index contributed by atoms with van der Waals surface area (Å²) in [5.74, 6) is 2.48. The molecule has 0 saturated carbocycles. The monoisotopic (exact) mass is 285 g/mol. The van der Waals surface area contributed by atoms with Crippen LogP contribution in [-0.4, -0.2) is 23.1 Å². The maximum Gasteiger partial charge on any atom is 0.133 e. The number of nitrogens with zero attached hydrogens (tertiary/aromatic N) is 3. The van der Waals surface area contributed by atoms with Gasteiger partial charge in [0, 0.05) is 19.2 Å². The molecule has 1 atom stereocenters. The molecule has 0 aliphatic carbocycles. The second kappa shape index (κ2) is 5.62. The minimum atomic E-state index is 0.487. The van der Waals surface area contributed by atoms with E-state index < -0.39 is 0 Å². The summed E-state index contributed by atoms with van der Waals surface area (Å²) < 4.78 is 0.846. The number of aryl methyl sites for hydroxylation is 1. The molecule has 0 spiro atoms. The molecule has 16 heavy (non-hydrogen) atoms. The highest BCUT2D eigenvalue weighted by Gasteiger charge is 2.13. The summed E-state index contributed by atoms with van der Waals surface area (Å²) in [6.45, 7) is 8.62. The highest BCUT2D eigenvalue weighted by atomic mass is 79.9. The van der Waals surface area contributed by atoms with Crippen LogP contribution in [0.1, 0.15) is 33.0 Å². The average molecular weight is 286 g/mol. The average Bonchev–Trinajstić information content (AvgIpc) is 2.13. The predicted octanol–water partition coefficient (Wildman–Crippen LogP) is 3.42. The maximum absolute atomic E-state index is 4.45. The molecule has 1 aromatic heterocycles. The summed E-state index contributed by atoms with van der Waals surface area (Å²) in [7, 11) is 2.08. The van der Waals surface area contributed by atoms with Crippen LogP contribution in [0.4, 0.5) is 5.82 Å². The fraction of sp³-hybridized carbons (Fsp3) is 0.667. The van der Waals surface area contributed by atoms with Gasteiger partial charge in [-0.2, -0.15) is 0 Å². The van der Waals surface area contributed by atoms with E-state index in [-0.39, 0.29) is 0 Å². The molecule has 0 saturated heterocycles. The molecule has 0 aliphatic rings. The van der Waals surface area contributed by atoms with Crippen LogP contribution in [-0.2, 0) is 0 Å². The Bertz CT molecular complexity index is 332. The molecule has 90 valence electrons. The zero-order valence-corrected chi connectivity index (χ0v) is 12.2. The molecule has 3 nitrogen and oxygen atoms in total. The zero-order chi connectivity index (χ0) is 12.3. The van der Waals surface area contributed by atoms with E-state index in [4.69, 9.17) is 0 Å².